The SMILES string of the molecule is CC(N)Cn1cc(C#N)cn1. The van der Waals surface area contributed by atoms with Gasteiger partial charge < -0.3 is 5.73 Å². The number of hydrogen-bond acceptors (Lipinski definition) is 3. The third-order valence-corrected chi connectivity index (χ3v) is 1.24. The Morgan fingerprint density at radius 2 is 2.64 bits per heavy atom. The zero-order chi connectivity index (χ0) is 8.27. The Morgan fingerprint density at radius 3 is 3.09 bits per heavy atom. The van der Waals surface area contributed by atoms with Gasteiger partial charge in [0, 0.05) is 12.2 Å². The minimum absolute atomic E-state index is 0.0708. The molecule has 1 heterocycles. The van der Waals surface area contributed by atoms with Gasteiger partial charge in [0.05, 0.1) is 18.3 Å². The average molecular weight is 150 g/mol. The summed E-state index contributed by atoms with van der Waals surface area (Å²) in [6.45, 7) is 2.55. The van der Waals surface area contributed by atoms with E-state index in [2.05, 4.69) is 5.10 Å². The van der Waals surface area contributed by atoms with Crippen molar-refractivity contribution in [1.29, 1.82) is 5.26 Å². The van der Waals surface area contributed by atoms with Crippen molar-refractivity contribution in [3.8, 4) is 6.07 Å². The topological polar surface area (TPSA) is 67.6 Å². The Balaban J connectivity index is 2.67. The number of rotatable bonds is 2. The zero-order valence-corrected chi connectivity index (χ0v) is 6.36. The molecule has 0 aromatic carbocycles. The molecule has 0 spiro atoms. The van der Waals surface area contributed by atoms with Crippen LogP contribution in [0, 0.1) is 11.3 Å². The maximum absolute atomic E-state index is 8.45. The Kier molecular flexibility index (Phi) is 2.24. The van der Waals surface area contributed by atoms with Gasteiger partial charge in [0.15, 0.2) is 0 Å². The van der Waals surface area contributed by atoms with E-state index in [1.807, 2.05) is 13.0 Å². The van der Waals surface area contributed by atoms with Crippen LogP contribution in [0.4, 0.5) is 0 Å². The Morgan fingerprint density at radius 1 is 1.91 bits per heavy atom. The molecule has 58 valence electrons. The van der Waals surface area contributed by atoms with Gasteiger partial charge in [0.1, 0.15) is 6.07 Å². The molecule has 0 aliphatic carbocycles. The first-order valence-corrected chi connectivity index (χ1v) is 3.40. The summed E-state index contributed by atoms with van der Waals surface area (Å²) in [4.78, 5) is 0. The molecule has 0 bridgehead atoms. The Labute approximate surface area is 65.2 Å². The molecule has 1 unspecified atom stereocenters. The predicted molar refractivity (Wildman–Crippen MR) is 40.6 cm³/mol. The van der Waals surface area contributed by atoms with Gasteiger partial charge in [-0.1, -0.05) is 0 Å². The van der Waals surface area contributed by atoms with Crippen molar-refractivity contribution in [1.82, 2.24) is 9.78 Å². The van der Waals surface area contributed by atoms with E-state index in [9.17, 15) is 0 Å². The fourth-order valence-corrected chi connectivity index (χ4v) is 0.816. The quantitative estimate of drug-likeness (QED) is 0.650. The standard InChI is InChI=1S/C7H10N4/c1-6(9)4-11-5-7(2-8)3-10-11/h3,5-6H,4,9H2,1H3. The van der Waals surface area contributed by atoms with Crippen LogP contribution in [0.2, 0.25) is 0 Å². The monoisotopic (exact) mass is 150 g/mol. The number of nitrogens with zero attached hydrogens (tertiary/aromatic N) is 3. The molecule has 1 rings (SSSR count). The van der Waals surface area contributed by atoms with Gasteiger partial charge in [-0.2, -0.15) is 10.4 Å². The van der Waals surface area contributed by atoms with Crippen LogP contribution in [-0.2, 0) is 6.54 Å². The molecule has 0 radical (unpaired) electrons. The lowest BCUT2D eigenvalue weighted by Crippen LogP contribution is -2.22. The van der Waals surface area contributed by atoms with E-state index in [0.717, 1.165) is 0 Å². The molecule has 2 N–H and O–H groups in total. The van der Waals surface area contributed by atoms with E-state index in [0.29, 0.717) is 12.1 Å². The molecule has 0 saturated carbocycles. The first-order valence-electron chi connectivity index (χ1n) is 3.40. The molecule has 1 atom stereocenters. The van der Waals surface area contributed by atoms with Gasteiger partial charge >= 0.3 is 0 Å². The number of nitriles is 1. The molecule has 4 nitrogen and oxygen atoms in total. The van der Waals surface area contributed by atoms with Crippen LogP contribution < -0.4 is 5.73 Å². The van der Waals surface area contributed by atoms with Crippen molar-refractivity contribution in [2.45, 2.75) is 19.5 Å². The minimum atomic E-state index is 0.0708. The fraction of sp³-hybridized carbons (Fsp3) is 0.429. The van der Waals surface area contributed by atoms with Crippen LogP contribution in [0.5, 0.6) is 0 Å². The van der Waals surface area contributed by atoms with Crippen LogP contribution in [-0.4, -0.2) is 15.8 Å². The summed E-state index contributed by atoms with van der Waals surface area (Å²) < 4.78 is 1.67. The normalized spacial score (nSPS) is 12.5. The first-order chi connectivity index (χ1) is 5.22. The first kappa shape index (κ1) is 7.76. The third kappa shape index (κ3) is 2.06. The summed E-state index contributed by atoms with van der Waals surface area (Å²) in [7, 11) is 0. The molecule has 0 aliphatic heterocycles. The second kappa shape index (κ2) is 3.17. The number of nitrogens with two attached hydrogens (primary N) is 1. The summed E-state index contributed by atoms with van der Waals surface area (Å²) in [5, 5.41) is 12.4. The molecular weight excluding hydrogens is 140 g/mol. The van der Waals surface area contributed by atoms with Crippen LogP contribution in [0.15, 0.2) is 12.4 Å². The molecule has 1 aromatic heterocycles. The van der Waals surface area contributed by atoms with Gasteiger partial charge in [-0.25, -0.2) is 0 Å². The molecule has 0 saturated heterocycles. The minimum Gasteiger partial charge on any atom is -0.326 e. The molecule has 0 fully saturated rings. The molecule has 1 aromatic rings. The molecule has 0 aliphatic rings. The van der Waals surface area contributed by atoms with E-state index in [1.54, 1.807) is 10.9 Å². The van der Waals surface area contributed by atoms with Crippen LogP contribution in [0.25, 0.3) is 0 Å². The van der Waals surface area contributed by atoms with Crippen molar-refractivity contribution in [3.05, 3.63) is 18.0 Å². The average Bonchev–Trinajstić information content (AvgIpc) is 2.34. The molecule has 4 heteroatoms. The lowest BCUT2D eigenvalue weighted by atomic mass is 10.3. The van der Waals surface area contributed by atoms with E-state index in [1.165, 1.54) is 6.20 Å². The zero-order valence-electron chi connectivity index (χ0n) is 6.36. The highest BCUT2D eigenvalue weighted by atomic mass is 15.3. The van der Waals surface area contributed by atoms with Crippen molar-refractivity contribution in [3.63, 3.8) is 0 Å². The Hall–Kier alpha value is -1.34. The number of hydrogen-bond donors (Lipinski definition) is 1. The van der Waals surface area contributed by atoms with Crippen molar-refractivity contribution in [2.75, 3.05) is 0 Å². The number of aromatic nitrogens is 2. The summed E-state index contributed by atoms with van der Waals surface area (Å²) in [5.74, 6) is 0. The van der Waals surface area contributed by atoms with Gasteiger partial charge in [0.2, 0.25) is 0 Å². The van der Waals surface area contributed by atoms with Crippen LogP contribution >= 0.6 is 0 Å². The fourth-order valence-electron chi connectivity index (χ4n) is 0.816. The van der Waals surface area contributed by atoms with E-state index < -0.39 is 0 Å². The highest BCUT2D eigenvalue weighted by Crippen LogP contribution is 1.95. The van der Waals surface area contributed by atoms with Crippen molar-refractivity contribution >= 4 is 0 Å². The van der Waals surface area contributed by atoms with E-state index in [4.69, 9.17) is 11.0 Å². The van der Waals surface area contributed by atoms with E-state index >= 15 is 0 Å². The summed E-state index contributed by atoms with van der Waals surface area (Å²) in [6.07, 6.45) is 3.21. The van der Waals surface area contributed by atoms with Gasteiger partial charge in [-0.15, -0.1) is 0 Å². The highest BCUT2D eigenvalue weighted by Gasteiger charge is 1.98. The maximum atomic E-state index is 8.45. The van der Waals surface area contributed by atoms with Gasteiger partial charge in [-0.3, -0.25) is 4.68 Å². The lowest BCUT2D eigenvalue weighted by Gasteiger charge is -2.02. The summed E-state index contributed by atoms with van der Waals surface area (Å²) in [6, 6.07) is 2.07. The lowest BCUT2D eigenvalue weighted by molar-refractivity contribution is 0.538. The predicted octanol–water partition coefficient (Wildman–Crippen LogP) is 0.102. The van der Waals surface area contributed by atoms with Crippen molar-refractivity contribution < 1.29 is 0 Å². The highest BCUT2D eigenvalue weighted by molar-refractivity contribution is 5.21. The second-order valence-electron chi connectivity index (χ2n) is 2.54. The Bertz CT molecular complexity index is 268. The maximum Gasteiger partial charge on any atom is 0.102 e. The van der Waals surface area contributed by atoms with Gasteiger partial charge in [-0.05, 0) is 6.92 Å². The smallest absolute Gasteiger partial charge is 0.102 e. The second-order valence-corrected chi connectivity index (χ2v) is 2.54. The molecule has 0 amide bonds. The van der Waals surface area contributed by atoms with Crippen LogP contribution in [0.3, 0.4) is 0 Å². The largest absolute Gasteiger partial charge is 0.326 e. The molecule has 11 heavy (non-hydrogen) atoms. The van der Waals surface area contributed by atoms with E-state index in [-0.39, 0.29) is 6.04 Å². The summed E-state index contributed by atoms with van der Waals surface area (Å²) in [5.41, 5.74) is 6.11. The van der Waals surface area contributed by atoms with Gasteiger partial charge in [0.25, 0.3) is 0 Å². The van der Waals surface area contributed by atoms with Crippen LogP contribution in [0.1, 0.15) is 12.5 Å². The molecular formula is C7H10N4. The summed E-state index contributed by atoms with van der Waals surface area (Å²) >= 11 is 0. The third-order valence-electron chi connectivity index (χ3n) is 1.24. The van der Waals surface area contributed by atoms with Crippen molar-refractivity contribution in [2.24, 2.45) is 5.73 Å².